The molecule has 0 bridgehead atoms. The van der Waals surface area contributed by atoms with Gasteiger partial charge in [-0.3, -0.25) is 0 Å². The first-order chi connectivity index (χ1) is 31.8. The normalized spacial score (nSPS) is 11.1. The van der Waals surface area contributed by atoms with Crippen LogP contribution in [0.3, 0.4) is 0 Å². The number of nitrogen functional groups attached to an aromatic ring is 2. The molecule has 0 unspecified atom stereocenters. The number of para-hydroxylation sites is 2. The van der Waals surface area contributed by atoms with Crippen LogP contribution in [0.2, 0.25) is 0 Å². The van der Waals surface area contributed by atoms with Crippen LogP contribution in [0.1, 0.15) is 58.4 Å². The first-order valence-corrected chi connectivity index (χ1v) is 20.9. The Bertz CT molecular complexity index is 3150. The van der Waals surface area contributed by atoms with Crippen molar-refractivity contribution in [3.05, 3.63) is 165 Å². The first-order valence-electron chi connectivity index (χ1n) is 20.9. The van der Waals surface area contributed by atoms with Gasteiger partial charge in [0.25, 0.3) is 0 Å². The molecule has 6 N–H and O–H groups in total. The molecule has 0 aliphatic rings. The minimum absolute atomic E-state index is 0.386. The summed E-state index contributed by atoms with van der Waals surface area (Å²) in [6, 6.07) is 42.8. The van der Waals surface area contributed by atoms with Gasteiger partial charge < -0.3 is 22.1 Å². The summed E-state index contributed by atoms with van der Waals surface area (Å²) in [5.74, 6) is 1.54. The maximum atomic E-state index is 9.11. The van der Waals surface area contributed by atoms with Crippen molar-refractivity contribution in [2.45, 2.75) is 41.5 Å². The van der Waals surface area contributed by atoms with Crippen molar-refractivity contribution >= 4 is 68.9 Å². The van der Waals surface area contributed by atoms with Gasteiger partial charge in [0.05, 0.1) is 46.4 Å². The second kappa shape index (κ2) is 19.4. The molecule has 8 aromatic rings. The number of aryl methyl sites for hydroxylation is 4. The zero-order chi connectivity index (χ0) is 47.1. The number of rotatable bonds is 8. The third-order valence-electron chi connectivity index (χ3n) is 10.8. The predicted octanol–water partition coefficient (Wildman–Crippen LogP) is 12.1. The van der Waals surface area contributed by atoms with E-state index in [0.29, 0.717) is 45.8 Å². The molecule has 0 amide bonds. The monoisotopic (exact) mass is 860 g/mol. The average molecular weight is 861 g/mol. The number of hydrogen-bond donors (Lipinski definition) is 4. The van der Waals surface area contributed by atoms with Crippen molar-refractivity contribution in [2.75, 3.05) is 22.1 Å². The molecule has 66 heavy (non-hydrogen) atoms. The molecule has 0 radical (unpaired) electrons. The lowest BCUT2D eigenvalue weighted by Gasteiger charge is -2.15. The minimum Gasteiger partial charge on any atom is -0.383 e. The highest BCUT2D eigenvalue weighted by atomic mass is 15.1. The molecule has 6 aromatic carbocycles. The number of nitrogens with one attached hydrogen (secondary N) is 2. The standard InChI is InChI=1S/2C27H22N6/c2*1-16(14-28)11-20-12-17(2)24(18(3)13-20)22-5-4-6-23-25(22)32-27(33-26(23)30)31-21-9-7-19(15-29)8-10-21/h2*4-13H,1-3H3,(H3,30,31,32,33)/b16-11+;16-11-. The van der Waals surface area contributed by atoms with Crippen LogP contribution in [0.15, 0.2) is 120 Å². The number of nitrogens with two attached hydrogens (primary N) is 2. The summed E-state index contributed by atoms with van der Waals surface area (Å²) >= 11 is 0. The number of anilines is 6. The highest BCUT2D eigenvalue weighted by Gasteiger charge is 2.17. The van der Waals surface area contributed by atoms with Crippen molar-refractivity contribution in [1.82, 2.24) is 19.9 Å². The zero-order valence-corrected chi connectivity index (χ0v) is 37.3. The highest BCUT2D eigenvalue weighted by Crippen LogP contribution is 2.37. The Balaban J connectivity index is 0.000000196. The van der Waals surface area contributed by atoms with E-state index >= 15 is 0 Å². The third-order valence-corrected chi connectivity index (χ3v) is 10.8. The molecule has 0 fully saturated rings. The minimum atomic E-state index is 0.386. The van der Waals surface area contributed by atoms with E-state index < -0.39 is 0 Å². The number of nitriles is 4. The summed E-state index contributed by atoms with van der Waals surface area (Å²) in [5.41, 5.74) is 28.5. The van der Waals surface area contributed by atoms with Gasteiger partial charge >= 0.3 is 0 Å². The fraction of sp³-hybridized carbons (Fsp3) is 0.111. The van der Waals surface area contributed by atoms with Crippen LogP contribution >= 0.6 is 0 Å². The highest BCUT2D eigenvalue weighted by molar-refractivity contribution is 6.02. The molecule has 320 valence electrons. The van der Waals surface area contributed by atoms with Gasteiger partial charge in [-0.2, -0.15) is 31.0 Å². The van der Waals surface area contributed by atoms with Crippen LogP contribution in [0.4, 0.5) is 34.9 Å². The summed E-state index contributed by atoms with van der Waals surface area (Å²) in [7, 11) is 0. The van der Waals surface area contributed by atoms with Crippen molar-refractivity contribution in [2.24, 2.45) is 0 Å². The summed E-state index contributed by atoms with van der Waals surface area (Å²) in [5, 5.41) is 44.1. The van der Waals surface area contributed by atoms with Crippen molar-refractivity contribution in [1.29, 1.82) is 21.0 Å². The van der Waals surface area contributed by atoms with Crippen LogP contribution in [0, 0.1) is 73.0 Å². The Labute approximate surface area is 383 Å². The van der Waals surface area contributed by atoms with E-state index in [-0.39, 0.29) is 0 Å². The van der Waals surface area contributed by atoms with E-state index in [0.717, 1.165) is 88.8 Å². The van der Waals surface area contributed by atoms with E-state index in [4.69, 9.17) is 42.5 Å². The van der Waals surface area contributed by atoms with E-state index in [1.54, 1.807) is 62.4 Å². The van der Waals surface area contributed by atoms with Gasteiger partial charge in [0.15, 0.2) is 0 Å². The van der Waals surface area contributed by atoms with Gasteiger partial charge in [0.1, 0.15) is 11.6 Å². The van der Waals surface area contributed by atoms with Crippen molar-refractivity contribution in [3.8, 4) is 46.5 Å². The number of benzene rings is 6. The van der Waals surface area contributed by atoms with Crippen LogP contribution in [0.5, 0.6) is 0 Å². The van der Waals surface area contributed by atoms with Gasteiger partial charge in [-0.05, 0) is 159 Å². The Morgan fingerprint density at radius 1 is 0.500 bits per heavy atom. The van der Waals surface area contributed by atoms with Gasteiger partial charge in [0, 0.05) is 44.4 Å². The molecule has 8 rings (SSSR count). The van der Waals surface area contributed by atoms with E-state index in [2.05, 4.69) is 96.8 Å². The predicted molar refractivity (Wildman–Crippen MR) is 265 cm³/mol. The molecule has 12 nitrogen and oxygen atoms in total. The fourth-order valence-electron chi connectivity index (χ4n) is 7.96. The topological polar surface area (TPSA) is 223 Å². The molecule has 12 heteroatoms. The lowest BCUT2D eigenvalue weighted by atomic mass is 9.91. The summed E-state index contributed by atoms with van der Waals surface area (Å²) in [4.78, 5) is 18.4. The molecular formula is C54H44N12. The average Bonchev–Trinajstić information content (AvgIpc) is 3.29. The number of hydrogen-bond acceptors (Lipinski definition) is 12. The van der Waals surface area contributed by atoms with Gasteiger partial charge in [0.2, 0.25) is 11.9 Å². The molecule has 0 aliphatic carbocycles. The molecule has 2 aromatic heterocycles. The van der Waals surface area contributed by atoms with E-state index in [1.165, 1.54) is 0 Å². The van der Waals surface area contributed by atoms with Gasteiger partial charge in [-0.15, -0.1) is 0 Å². The van der Waals surface area contributed by atoms with Gasteiger partial charge in [-0.1, -0.05) is 48.5 Å². The molecular weight excluding hydrogens is 817 g/mol. The lowest BCUT2D eigenvalue weighted by Crippen LogP contribution is -2.03. The third kappa shape index (κ3) is 9.80. The quantitative estimate of drug-likeness (QED) is 0.105. The summed E-state index contributed by atoms with van der Waals surface area (Å²) < 4.78 is 0. The summed E-state index contributed by atoms with van der Waals surface area (Å²) in [6.07, 6.45) is 3.76. The van der Waals surface area contributed by atoms with Crippen molar-refractivity contribution < 1.29 is 0 Å². The zero-order valence-electron chi connectivity index (χ0n) is 37.3. The van der Waals surface area contributed by atoms with Crippen LogP contribution < -0.4 is 22.1 Å². The number of fused-ring (bicyclic) bond motifs is 2. The fourth-order valence-corrected chi connectivity index (χ4v) is 7.96. The maximum absolute atomic E-state index is 9.11. The first kappa shape index (κ1) is 44.7. The Morgan fingerprint density at radius 3 is 1.17 bits per heavy atom. The largest absolute Gasteiger partial charge is 0.383 e. The second-order valence-corrected chi connectivity index (χ2v) is 15.8. The SMILES string of the molecule is C/C(C#N)=C/c1cc(C)c(-c2cccc3c(N)nc(Nc4ccc(C#N)cc4)nc23)c(C)c1.C/C(C#N)=C\c1cc(C)c(-c2cccc3c(N)nc(Nc4ccc(C#N)cc4)nc23)c(C)c1. The Kier molecular flexibility index (Phi) is 13.1. The van der Waals surface area contributed by atoms with Crippen LogP contribution in [0.25, 0.3) is 56.2 Å². The second-order valence-electron chi connectivity index (χ2n) is 15.8. The van der Waals surface area contributed by atoms with E-state index in [9.17, 15) is 0 Å². The van der Waals surface area contributed by atoms with Crippen molar-refractivity contribution in [3.63, 3.8) is 0 Å². The summed E-state index contributed by atoms with van der Waals surface area (Å²) in [6.45, 7) is 11.8. The maximum Gasteiger partial charge on any atom is 0.229 e. The number of nitrogens with zero attached hydrogens (tertiary/aromatic N) is 8. The number of aromatic nitrogens is 4. The smallest absolute Gasteiger partial charge is 0.229 e. The molecule has 0 aliphatic heterocycles. The van der Waals surface area contributed by atoms with Crippen LogP contribution in [-0.2, 0) is 0 Å². The lowest BCUT2D eigenvalue weighted by molar-refractivity contribution is 1.22. The molecule has 0 saturated heterocycles. The molecule has 0 atom stereocenters. The number of allylic oxidation sites excluding steroid dienone is 2. The Hall–Kier alpha value is -9.36. The molecule has 2 heterocycles. The van der Waals surface area contributed by atoms with Crippen LogP contribution in [-0.4, -0.2) is 19.9 Å². The van der Waals surface area contributed by atoms with E-state index in [1.807, 2.05) is 48.6 Å². The Morgan fingerprint density at radius 2 is 0.848 bits per heavy atom. The van der Waals surface area contributed by atoms with Gasteiger partial charge in [-0.25, -0.2) is 9.97 Å². The molecule has 0 saturated carbocycles. The molecule has 0 spiro atoms.